The van der Waals surface area contributed by atoms with Crippen LogP contribution in [0.2, 0.25) is 0 Å². The number of hydrogen-bond acceptors (Lipinski definition) is 1. The minimum atomic E-state index is 0.0907. The highest BCUT2D eigenvalue weighted by atomic mass is 16.1. The topological polar surface area (TPSA) is 22.0 Å². The molecule has 1 heterocycles. The van der Waals surface area contributed by atoms with E-state index in [1.54, 1.807) is 11.6 Å². The molecule has 1 rings (SSSR count). The van der Waals surface area contributed by atoms with Gasteiger partial charge in [-0.1, -0.05) is 48.5 Å². The molecular weight excluding hydrogens is 210 g/mol. The van der Waals surface area contributed by atoms with Gasteiger partial charge in [0.05, 0.1) is 0 Å². The fraction of sp³-hybridized carbons (Fsp3) is 0.667. The lowest BCUT2D eigenvalue weighted by atomic mass is 9.87. The van der Waals surface area contributed by atoms with Gasteiger partial charge in [-0.05, 0) is 24.0 Å². The number of hydrogen-bond donors (Lipinski definition) is 0. The molecule has 0 aliphatic heterocycles. The normalized spacial score (nSPS) is 9.71. The third-order valence-corrected chi connectivity index (χ3v) is 2.23. The zero-order valence-corrected chi connectivity index (χ0v) is 13.0. The van der Waals surface area contributed by atoms with Crippen LogP contribution >= 0.6 is 0 Å². The Labute approximate surface area is 107 Å². The van der Waals surface area contributed by atoms with E-state index in [2.05, 4.69) is 20.8 Å². The largest absolute Gasteiger partial charge is 0.318 e. The van der Waals surface area contributed by atoms with Crippen LogP contribution in [0.3, 0.4) is 0 Å². The van der Waals surface area contributed by atoms with Gasteiger partial charge in [-0.3, -0.25) is 4.79 Å². The second-order valence-corrected chi connectivity index (χ2v) is 4.58. The minimum Gasteiger partial charge on any atom is -0.318 e. The molecule has 0 aliphatic carbocycles. The Bertz CT molecular complexity index is 343. The van der Waals surface area contributed by atoms with Crippen LogP contribution in [-0.4, -0.2) is 4.57 Å². The monoisotopic (exact) mass is 239 g/mol. The van der Waals surface area contributed by atoms with Gasteiger partial charge in [0.2, 0.25) is 0 Å². The summed E-state index contributed by atoms with van der Waals surface area (Å²) >= 11 is 0. The second-order valence-electron chi connectivity index (χ2n) is 4.58. The molecule has 0 unspecified atom stereocenters. The molecule has 0 spiro atoms. The number of nitrogens with zero attached hydrogens (tertiary/aromatic N) is 1. The van der Waals surface area contributed by atoms with Crippen molar-refractivity contribution in [3.05, 3.63) is 33.7 Å². The summed E-state index contributed by atoms with van der Waals surface area (Å²) in [6, 6.07) is 1.97. The molecular formula is C15H29NO. The van der Waals surface area contributed by atoms with Crippen LogP contribution in [0.1, 0.15) is 59.6 Å². The average molecular weight is 239 g/mol. The van der Waals surface area contributed by atoms with E-state index < -0.39 is 0 Å². The molecule has 1 aromatic rings. The molecule has 0 saturated carbocycles. The Hall–Kier alpha value is -1.05. The summed E-state index contributed by atoms with van der Waals surface area (Å²) in [6.07, 6.45) is 1.91. The number of aryl methyl sites for hydroxylation is 2. The first kappa shape index (κ1) is 18.3. The predicted octanol–water partition coefficient (Wildman–Crippen LogP) is 4.04. The Morgan fingerprint density at radius 1 is 1.06 bits per heavy atom. The standard InChI is InChI=1S/C11H17NO.2C2H6/c1-8-6-9(11(2,3)4)7-12(5)10(8)13;2*1-2/h6-7H,1-5H3;2*1-2H3. The summed E-state index contributed by atoms with van der Waals surface area (Å²) in [5, 5.41) is 0. The Morgan fingerprint density at radius 3 is 1.76 bits per heavy atom. The molecule has 2 nitrogen and oxygen atoms in total. The van der Waals surface area contributed by atoms with Gasteiger partial charge in [-0.15, -0.1) is 0 Å². The fourth-order valence-electron chi connectivity index (χ4n) is 1.29. The Kier molecular flexibility index (Phi) is 8.73. The zero-order chi connectivity index (χ0) is 14.2. The van der Waals surface area contributed by atoms with E-state index in [1.807, 2.05) is 46.9 Å². The molecule has 2 heteroatoms. The van der Waals surface area contributed by atoms with E-state index in [0.717, 1.165) is 5.56 Å². The molecule has 0 aromatic carbocycles. The van der Waals surface area contributed by atoms with Crippen molar-refractivity contribution >= 4 is 0 Å². The summed E-state index contributed by atoms with van der Waals surface area (Å²) in [7, 11) is 1.80. The molecule has 100 valence electrons. The van der Waals surface area contributed by atoms with Crippen molar-refractivity contribution in [3.63, 3.8) is 0 Å². The molecule has 0 saturated heterocycles. The minimum absolute atomic E-state index is 0.0907. The van der Waals surface area contributed by atoms with Crippen molar-refractivity contribution in [2.75, 3.05) is 0 Å². The molecule has 0 bridgehead atoms. The van der Waals surface area contributed by atoms with E-state index in [-0.39, 0.29) is 11.0 Å². The quantitative estimate of drug-likeness (QED) is 0.669. The van der Waals surface area contributed by atoms with Gasteiger partial charge >= 0.3 is 0 Å². The maximum Gasteiger partial charge on any atom is 0.253 e. The lowest BCUT2D eigenvalue weighted by Gasteiger charge is -2.20. The van der Waals surface area contributed by atoms with Crippen molar-refractivity contribution in [2.45, 2.75) is 60.8 Å². The first-order valence-corrected chi connectivity index (χ1v) is 6.50. The van der Waals surface area contributed by atoms with Gasteiger partial charge in [0.15, 0.2) is 0 Å². The van der Waals surface area contributed by atoms with Crippen molar-refractivity contribution in [2.24, 2.45) is 7.05 Å². The predicted molar refractivity (Wildman–Crippen MR) is 77.8 cm³/mol. The van der Waals surface area contributed by atoms with Gasteiger partial charge in [-0.25, -0.2) is 0 Å². The van der Waals surface area contributed by atoms with Crippen molar-refractivity contribution in [3.8, 4) is 0 Å². The maximum atomic E-state index is 11.4. The number of rotatable bonds is 0. The van der Waals surface area contributed by atoms with Gasteiger partial charge < -0.3 is 4.57 Å². The molecule has 17 heavy (non-hydrogen) atoms. The van der Waals surface area contributed by atoms with Gasteiger partial charge in [-0.2, -0.15) is 0 Å². The van der Waals surface area contributed by atoms with Crippen molar-refractivity contribution < 1.29 is 0 Å². The van der Waals surface area contributed by atoms with Gasteiger partial charge in [0.25, 0.3) is 5.56 Å². The summed E-state index contributed by atoms with van der Waals surface area (Å²) < 4.78 is 1.65. The van der Waals surface area contributed by atoms with E-state index in [1.165, 1.54) is 5.56 Å². The molecule has 0 fully saturated rings. The van der Waals surface area contributed by atoms with E-state index in [4.69, 9.17) is 0 Å². The smallest absolute Gasteiger partial charge is 0.253 e. The highest BCUT2D eigenvalue weighted by Crippen LogP contribution is 2.21. The van der Waals surface area contributed by atoms with Crippen LogP contribution in [0, 0.1) is 6.92 Å². The molecule has 0 amide bonds. The zero-order valence-electron chi connectivity index (χ0n) is 13.0. The van der Waals surface area contributed by atoms with Crippen LogP contribution in [0.25, 0.3) is 0 Å². The third-order valence-electron chi connectivity index (χ3n) is 2.23. The van der Waals surface area contributed by atoms with Gasteiger partial charge in [0, 0.05) is 18.8 Å². The summed E-state index contributed by atoms with van der Waals surface area (Å²) in [4.78, 5) is 11.4. The lowest BCUT2D eigenvalue weighted by Crippen LogP contribution is -2.23. The number of aromatic nitrogens is 1. The van der Waals surface area contributed by atoms with Crippen LogP contribution in [-0.2, 0) is 12.5 Å². The van der Waals surface area contributed by atoms with Gasteiger partial charge in [0.1, 0.15) is 0 Å². The van der Waals surface area contributed by atoms with Crippen LogP contribution < -0.4 is 5.56 Å². The van der Waals surface area contributed by atoms with E-state index in [9.17, 15) is 4.79 Å². The number of pyridine rings is 1. The Balaban J connectivity index is 0. The van der Waals surface area contributed by atoms with Crippen LogP contribution in [0.5, 0.6) is 0 Å². The SMILES string of the molecule is CC.CC.Cc1cc(C(C)(C)C)cn(C)c1=O. The van der Waals surface area contributed by atoms with E-state index in [0.29, 0.717) is 0 Å². The van der Waals surface area contributed by atoms with Crippen LogP contribution in [0.15, 0.2) is 17.1 Å². The first-order chi connectivity index (χ1) is 7.82. The van der Waals surface area contributed by atoms with Crippen molar-refractivity contribution in [1.29, 1.82) is 0 Å². The molecule has 1 aromatic heterocycles. The van der Waals surface area contributed by atoms with E-state index >= 15 is 0 Å². The third kappa shape index (κ3) is 5.71. The molecule has 0 radical (unpaired) electrons. The van der Waals surface area contributed by atoms with Crippen molar-refractivity contribution in [1.82, 2.24) is 4.57 Å². The molecule has 0 atom stereocenters. The average Bonchev–Trinajstić information content (AvgIpc) is 2.29. The highest BCUT2D eigenvalue weighted by molar-refractivity contribution is 5.24. The van der Waals surface area contributed by atoms with Crippen LogP contribution in [0.4, 0.5) is 0 Å². The molecule has 0 aliphatic rings. The first-order valence-electron chi connectivity index (χ1n) is 6.50. The lowest BCUT2D eigenvalue weighted by molar-refractivity contribution is 0.579. The highest BCUT2D eigenvalue weighted by Gasteiger charge is 2.15. The summed E-state index contributed by atoms with van der Waals surface area (Å²) in [5.41, 5.74) is 2.21. The second kappa shape index (κ2) is 8.10. The summed E-state index contributed by atoms with van der Waals surface area (Å²) in [5.74, 6) is 0. The fourth-order valence-corrected chi connectivity index (χ4v) is 1.29. The summed E-state index contributed by atoms with van der Waals surface area (Å²) in [6.45, 7) is 16.3. The maximum absolute atomic E-state index is 11.4. The Morgan fingerprint density at radius 2 is 1.47 bits per heavy atom. The molecule has 0 N–H and O–H groups in total.